The number of hydrogen-bond acceptors (Lipinski definition) is 9. The molecule has 11 heteroatoms. The number of para-hydroxylation sites is 1. The summed E-state index contributed by atoms with van der Waals surface area (Å²) in [5.74, 6) is 0.117. The van der Waals surface area contributed by atoms with E-state index >= 15 is 0 Å². The Morgan fingerprint density at radius 2 is 1.95 bits per heavy atom. The van der Waals surface area contributed by atoms with Crippen molar-refractivity contribution >= 4 is 45.8 Å². The summed E-state index contributed by atoms with van der Waals surface area (Å²) >= 11 is 0. The third kappa shape index (κ3) is 6.23. The summed E-state index contributed by atoms with van der Waals surface area (Å²) in [6.45, 7) is 9.30. The van der Waals surface area contributed by atoms with E-state index in [0.717, 1.165) is 40.8 Å². The molecule has 0 fully saturated rings. The largest absolute Gasteiger partial charge is 0.491 e. The number of esters is 1. The Bertz CT molecular complexity index is 1730. The van der Waals surface area contributed by atoms with E-state index in [2.05, 4.69) is 32.0 Å². The van der Waals surface area contributed by atoms with Crippen molar-refractivity contribution in [2.45, 2.75) is 26.4 Å². The predicted molar refractivity (Wildman–Crippen MR) is 174 cm³/mol. The van der Waals surface area contributed by atoms with Crippen LogP contribution in [-0.4, -0.2) is 78.3 Å². The molecule has 1 aliphatic rings. The minimum absolute atomic E-state index is 0.263. The van der Waals surface area contributed by atoms with Crippen LogP contribution in [0.2, 0.25) is 0 Å². The van der Waals surface area contributed by atoms with Crippen LogP contribution in [0.15, 0.2) is 55.4 Å². The molecule has 0 aliphatic carbocycles. The van der Waals surface area contributed by atoms with Crippen LogP contribution in [0.3, 0.4) is 0 Å². The number of nitrogens with zero attached hydrogens (tertiary/aromatic N) is 5. The second-order valence-corrected chi connectivity index (χ2v) is 11.4. The summed E-state index contributed by atoms with van der Waals surface area (Å²) < 4.78 is 13.7. The van der Waals surface area contributed by atoms with Gasteiger partial charge in [0.05, 0.1) is 35.5 Å². The molecule has 44 heavy (non-hydrogen) atoms. The van der Waals surface area contributed by atoms with Gasteiger partial charge >= 0.3 is 5.97 Å². The number of carbonyl (C=O) groups excluding carboxylic acids is 2. The Kier molecular flexibility index (Phi) is 8.86. The lowest BCUT2D eigenvalue weighted by atomic mass is 10.0. The number of ether oxygens (including phenoxy) is 2. The molecule has 2 aromatic carbocycles. The zero-order chi connectivity index (χ0) is 31.5. The molecule has 0 saturated heterocycles. The topological polar surface area (TPSA) is 114 Å². The molecule has 5 rings (SSSR count). The van der Waals surface area contributed by atoms with Gasteiger partial charge in [0, 0.05) is 68.0 Å². The third-order valence-corrected chi connectivity index (χ3v) is 7.40. The van der Waals surface area contributed by atoms with Gasteiger partial charge in [-0.3, -0.25) is 4.79 Å². The summed E-state index contributed by atoms with van der Waals surface area (Å²) in [4.78, 5) is 39.3. The molecule has 11 nitrogen and oxygen atoms in total. The van der Waals surface area contributed by atoms with E-state index in [1.165, 1.54) is 12.3 Å². The highest BCUT2D eigenvalue weighted by Crippen LogP contribution is 2.46. The summed E-state index contributed by atoms with van der Waals surface area (Å²) in [6, 6.07) is 9.77. The van der Waals surface area contributed by atoms with Crippen molar-refractivity contribution in [3.8, 4) is 17.0 Å². The fraction of sp³-hybridized carbons (Fsp3) is 0.333. The molecule has 1 amide bonds. The Hall–Kier alpha value is -4.90. The van der Waals surface area contributed by atoms with Crippen LogP contribution in [0, 0.1) is 0 Å². The first-order valence-corrected chi connectivity index (χ1v) is 14.6. The molecule has 1 aliphatic heterocycles. The van der Waals surface area contributed by atoms with E-state index in [0.29, 0.717) is 35.8 Å². The number of benzene rings is 2. The summed E-state index contributed by atoms with van der Waals surface area (Å²) in [5, 5.41) is 7.23. The minimum atomic E-state index is -0.502. The monoisotopic (exact) mass is 597 g/mol. The van der Waals surface area contributed by atoms with Gasteiger partial charge in [0.1, 0.15) is 11.3 Å². The standard InChI is InChI=1S/C33H39N7O4/c1-8-28(41)35-25-17-26(31-22(13-16-43-31)30(25)39(6)15-14-38(4)5)36-33-34-18-23(32(42)44-20(2)3)29(37-33)24-19-40(7)27-12-10-9-11-21(24)27/h8-12,17-20H,1,13-16H2,2-7H3,(H,35,41)(H,34,36,37). The van der Waals surface area contributed by atoms with Gasteiger partial charge in [0.25, 0.3) is 0 Å². The molecule has 2 N–H and O–H groups in total. The zero-order valence-corrected chi connectivity index (χ0v) is 26.1. The number of nitrogens with one attached hydrogen (secondary N) is 2. The van der Waals surface area contributed by atoms with Gasteiger partial charge in [0.2, 0.25) is 11.9 Å². The summed E-state index contributed by atoms with van der Waals surface area (Å²) in [7, 11) is 8.00. The number of anilines is 4. The number of likely N-dealkylation sites (N-methyl/N-ethyl adjacent to an activating group) is 2. The first-order valence-electron chi connectivity index (χ1n) is 14.6. The fourth-order valence-electron chi connectivity index (χ4n) is 5.36. The number of rotatable bonds is 11. The molecule has 0 saturated carbocycles. The lowest BCUT2D eigenvalue weighted by molar-refractivity contribution is -0.111. The number of amides is 1. The quantitative estimate of drug-likeness (QED) is 0.182. The average molecular weight is 598 g/mol. The zero-order valence-electron chi connectivity index (χ0n) is 26.1. The molecule has 0 unspecified atom stereocenters. The van der Waals surface area contributed by atoms with Crippen LogP contribution in [0.5, 0.6) is 5.75 Å². The van der Waals surface area contributed by atoms with Crippen molar-refractivity contribution in [3.05, 3.63) is 66.5 Å². The maximum Gasteiger partial charge on any atom is 0.342 e. The van der Waals surface area contributed by atoms with Gasteiger partial charge in [-0.05, 0) is 46.2 Å². The molecular weight excluding hydrogens is 558 g/mol. The van der Waals surface area contributed by atoms with Crippen LogP contribution >= 0.6 is 0 Å². The van der Waals surface area contributed by atoms with Gasteiger partial charge in [-0.25, -0.2) is 14.8 Å². The average Bonchev–Trinajstić information content (AvgIpc) is 3.61. The molecule has 0 atom stereocenters. The van der Waals surface area contributed by atoms with Crippen molar-refractivity contribution in [1.82, 2.24) is 19.4 Å². The van der Waals surface area contributed by atoms with Gasteiger partial charge in [-0.2, -0.15) is 0 Å². The van der Waals surface area contributed by atoms with Gasteiger partial charge < -0.3 is 34.5 Å². The molecule has 0 bridgehead atoms. The highest BCUT2D eigenvalue weighted by atomic mass is 16.5. The normalized spacial score (nSPS) is 12.3. The molecular formula is C33H39N7O4. The summed E-state index contributed by atoms with van der Waals surface area (Å²) in [6.07, 6.45) is 5.05. The Balaban J connectivity index is 1.61. The molecule has 0 radical (unpaired) electrons. The van der Waals surface area contributed by atoms with Crippen molar-refractivity contribution in [1.29, 1.82) is 0 Å². The van der Waals surface area contributed by atoms with E-state index in [1.807, 2.05) is 69.3 Å². The molecule has 2 aromatic heterocycles. The maximum atomic E-state index is 13.2. The van der Waals surface area contributed by atoms with E-state index in [4.69, 9.17) is 14.5 Å². The van der Waals surface area contributed by atoms with E-state index in [9.17, 15) is 9.59 Å². The van der Waals surface area contributed by atoms with E-state index in [1.54, 1.807) is 13.8 Å². The number of carbonyl (C=O) groups is 2. The van der Waals surface area contributed by atoms with Crippen molar-refractivity contribution in [2.24, 2.45) is 7.05 Å². The smallest absolute Gasteiger partial charge is 0.342 e. The highest BCUT2D eigenvalue weighted by molar-refractivity contribution is 6.04. The van der Waals surface area contributed by atoms with Crippen LogP contribution in [-0.2, 0) is 23.0 Å². The Labute approximate surface area is 257 Å². The number of hydrogen-bond donors (Lipinski definition) is 2. The number of aromatic nitrogens is 3. The Morgan fingerprint density at radius 3 is 2.68 bits per heavy atom. The minimum Gasteiger partial charge on any atom is -0.491 e. The Morgan fingerprint density at radius 1 is 1.18 bits per heavy atom. The van der Waals surface area contributed by atoms with E-state index < -0.39 is 5.97 Å². The second-order valence-electron chi connectivity index (χ2n) is 11.4. The molecule has 0 spiro atoms. The second kappa shape index (κ2) is 12.8. The van der Waals surface area contributed by atoms with Crippen molar-refractivity contribution < 1.29 is 19.1 Å². The number of fused-ring (bicyclic) bond motifs is 2. The van der Waals surface area contributed by atoms with Gasteiger partial charge in [-0.1, -0.05) is 24.8 Å². The lowest BCUT2D eigenvalue weighted by Crippen LogP contribution is -2.30. The first kappa shape index (κ1) is 30.6. The van der Waals surface area contributed by atoms with Gasteiger partial charge in [-0.15, -0.1) is 0 Å². The van der Waals surface area contributed by atoms with Gasteiger partial charge in [0.15, 0.2) is 0 Å². The third-order valence-electron chi connectivity index (χ3n) is 7.40. The van der Waals surface area contributed by atoms with Crippen LogP contribution < -0.4 is 20.3 Å². The van der Waals surface area contributed by atoms with Crippen LogP contribution in [0.1, 0.15) is 29.8 Å². The van der Waals surface area contributed by atoms with Crippen LogP contribution in [0.4, 0.5) is 23.0 Å². The summed E-state index contributed by atoms with van der Waals surface area (Å²) in [5.41, 5.74) is 5.58. The number of aryl methyl sites for hydroxylation is 1. The highest BCUT2D eigenvalue weighted by Gasteiger charge is 2.28. The molecule has 3 heterocycles. The molecule has 4 aromatic rings. The van der Waals surface area contributed by atoms with Crippen LogP contribution in [0.25, 0.3) is 22.2 Å². The van der Waals surface area contributed by atoms with Crippen molar-refractivity contribution in [2.75, 3.05) is 56.4 Å². The fourth-order valence-corrected chi connectivity index (χ4v) is 5.36. The lowest BCUT2D eigenvalue weighted by Gasteiger charge is -2.27. The first-order chi connectivity index (χ1) is 21.1. The maximum absolute atomic E-state index is 13.2. The van der Waals surface area contributed by atoms with E-state index in [-0.39, 0.29) is 23.5 Å². The molecule has 230 valence electrons. The van der Waals surface area contributed by atoms with Crippen molar-refractivity contribution in [3.63, 3.8) is 0 Å². The predicted octanol–water partition coefficient (Wildman–Crippen LogP) is 5.00. The SMILES string of the molecule is C=CC(=O)Nc1cc(Nc2ncc(C(=O)OC(C)C)c(-c3cn(C)c4ccccc34)n2)c2c(c1N(C)CCN(C)C)CCO2.